The fraction of sp³-hybridized carbons (Fsp3) is 0.120. The van der Waals surface area contributed by atoms with Crippen LogP contribution in [0.3, 0.4) is 0 Å². The molecular formula is C25H19F3N2O6. The molecule has 3 aromatic carbocycles. The lowest BCUT2D eigenvalue weighted by Crippen LogP contribution is -2.30. The molecule has 0 aliphatic carbocycles. The molecule has 4 rings (SSSR count). The van der Waals surface area contributed by atoms with Gasteiger partial charge in [0.05, 0.1) is 7.11 Å². The fourth-order valence-corrected chi connectivity index (χ4v) is 3.26. The molecule has 1 aliphatic heterocycles. The zero-order valence-corrected chi connectivity index (χ0v) is 18.7. The molecule has 0 radical (unpaired) electrons. The normalized spacial score (nSPS) is 12.6. The van der Waals surface area contributed by atoms with Crippen molar-refractivity contribution < 1.29 is 41.7 Å². The number of halogens is 3. The Balaban J connectivity index is 1.63. The van der Waals surface area contributed by atoms with E-state index in [2.05, 4.69) is 15.4 Å². The van der Waals surface area contributed by atoms with Crippen LogP contribution < -0.4 is 29.6 Å². The summed E-state index contributed by atoms with van der Waals surface area (Å²) in [6.45, 7) is 0.0256. The molecule has 0 aromatic heterocycles. The fourth-order valence-electron chi connectivity index (χ4n) is 3.26. The maximum Gasteiger partial charge on any atom is 0.573 e. The predicted molar refractivity (Wildman–Crippen MR) is 123 cm³/mol. The third-order valence-corrected chi connectivity index (χ3v) is 4.90. The molecule has 2 amide bonds. The lowest BCUT2D eigenvalue weighted by molar-refractivity contribution is -0.274. The standard InChI is InChI=1S/C25H19F3N2O6/c1-33-20-13-22-21(34-14-35-22)12-16(20)11-19(30-23(31)15-5-3-2-4-6-15)24(32)29-17-7-9-18(10-8-17)36-25(26,27)28/h2-13H,14H2,1H3,(H,29,32)(H,30,31). The second-order valence-corrected chi connectivity index (χ2v) is 7.35. The monoisotopic (exact) mass is 500 g/mol. The highest BCUT2D eigenvalue weighted by atomic mass is 19.4. The van der Waals surface area contributed by atoms with Crippen LogP contribution in [0.15, 0.2) is 72.4 Å². The number of carbonyl (C=O) groups is 2. The van der Waals surface area contributed by atoms with Gasteiger partial charge in [0.1, 0.15) is 17.2 Å². The van der Waals surface area contributed by atoms with Crippen LogP contribution >= 0.6 is 0 Å². The van der Waals surface area contributed by atoms with Crippen molar-refractivity contribution in [3.8, 4) is 23.0 Å². The number of amides is 2. The Morgan fingerprint density at radius 2 is 1.64 bits per heavy atom. The number of anilines is 1. The molecule has 0 bridgehead atoms. The molecule has 0 saturated heterocycles. The van der Waals surface area contributed by atoms with Crippen LogP contribution in [0.2, 0.25) is 0 Å². The van der Waals surface area contributed by atoms with E-state index in [-0.39, 0.29) is 18.2 Å². The summed E-state index contributed by atoms with van der Waals surface area (Å²) in [5.41, 5.74) is 0.736. The smallest absolute Gasteiger partial charge is 0.496 e. The molecule has 11 heteroatoms. The van der Waals surface area contributed by atoms with E-state index in [0.717, 1.165) is 12.1 Å². The summed E-state index contributed by atoms with van der Waals surface area (Å²) < 4.78 is 57.2. The molecule has 0 unspecified atom stereocenters. The van der Waals surface area contributed by atoms with E-state index in [9.17, 15) is 22.8 Å². The van der Waals surface area contributed by atoms with E-state index >= 15 is 0 Å². The van der Waals surface area contributed by atoms with Crippen molar-refractivity contribution in [3.05, 3.63) is 83.6 Å². The van der Waals surface area contributed by atoms with E-state index < -0.39 is 23.9 Å². The van der Waals surface area contributed by atoms with Gasteiger partial charge in [-0.3, -0.25) is 9.59 Å². The number of rotatable bonds is 7. The molecule has 0 atom stereocenters. The van der Waals surface area contributed by atoms with Gasteiger partial charge in [0.25, 0.3) is 11.8 Å². The minimum atomic E-state index is -4.84. The molecule has 36 heavy (non-hydrogen) atoms. The van der Waals surface area contributed by atoms with Crippen LogP contribution in [0.5, 0.6) is 23.0 Å². The van der Waals surface area contributed by atoms with Gasteiger partial charge in [0.2, 0.25) is 6.79 Å². The van der Waals surface area contributed by atoms with Gasteiger partial charge in [-0.15, -0.1) is 13.2 Å². The van der Waals surface area contributed by atoms with Crippen molar-refractivity contribution in [2.45, 2.75) is 6.36 Å². The summed E-state index contributed by atoms with van der Waals surface area (Å²) in [5.74, 6) is -0.485. The van der Waals surface area contributed by atoms with Gasteiger partial charge < -0.3 is 29.6 Å². The summed E-state index contributed by atoms with van der Waals surface area (Å²) >= 11 is 0. The Morgan fingerprint density at radius 3 is 2.28 bits per heavy atom. The Bertz CT molecular complexity index is 1290. The molecule has 0 fully saturated rings. The highest BCUT2D eigenvalue weighted by molar-refractivity contribution is 6.10. The van der Waals surface area contributed by atoms with Gasteiger partial charge in [-0.25, -0.2) is 0 Å². The number of fused-ring (bicyclic) bond motifs is 1. The van der Waals surface area contributed by atoms with Gasteiger partial charge in [-0.1, -0.05) is 18.2 Å². The van der Waals surface area contributed by atoms with Gasteiger partial charge in [0, 0.05) is 22.9 Å². The van der Waals surface area contributed by atoms with E-state index in [0.29, 0.717) is 28.4 Å². The van der Waals surface area contributed by atoms with Crippen LogP contribution in [0, 0.1) is 0 Å². The summed E-state index contributed by atoms with van der Waals surface area (Å²) in [6.07, 6.45) is -3.45. The molecule has 1 aliphatic rings. The first-order valence-corrected chi connectivity index (χ1v) is 10.4. The topological polar surface area (TPSA) is 95.1 Å². The highest BCUT2D eigenvalue weighted by Gasteiger charge is 2.31. The number of hydrogen-bond acceptors (Lipinski definition) is 6. The first kappa shape index (κ1) is 24.5. The van der Waals surface area contributed by atoms with Crippen molar-refractivity contribution in [2.75, 3.05) is 19.2 Å². The molecule has 0 saturated carbocycles. The molecule has 1 heterocycles. The quantitative estimate of drug-likeness (QED) is 0.456. The third kappa shape index (κ3) is 6.06. The van der Waals surface area contributed by atoms with Gasteiger partial charge >= 0.3 is 6.36 Å². The van der Waals surface area contributed by atoms with Gasteiger partial charge in [0.15, 0.2) is 11.5 Å². The Hall–Kier alpha value is -4.67. The summed E-state index contributed by atoms with van der Waals surface area (Å²) in [7, 11) is 1.43. The van der Waals surface area contributed by atoms with Gasteiger partial charge in [-0.2, -0.15) is 0 Å². The molecule has 2 N–H and O–H groups in total. The molecule has 0 spiro atoms. The molecular weight excluding hydrogens is 481 g/mol. The Morgan fingerprint density at radius 1 is 0.972 bits per heavy atom. The minimum absolute atomic E-state index is 0.0256. The SMILES string of the molecule is COc1cc2c(cc1C=C(NC(=O)c1ccccc1)C(=O)Nc1ccc(OC(F)(F)F)cc1)OCO2. The summed E-state index contributed by atoms with van der Waals surface area (Å²) in [5, 5.41) is 5.12. The van der Waals surface area contributed by atoms with Crippen LogP contribution in [0.1, 0.15) is 15.9 Å². The second-order valence-electron chi connectivity index (χ2n) is 7.35. The van der Waals surface area contributed by atoms with Crippen LogP contribution in [-0.4, -0.2) is 32.1 Å². The van der Waals surface area contributed by atoms with E-state index in [1.807, 2.05) is 0 Å². The van der Waals surface area contributed by atoms with Crippen LogP contribution in [0.25, 0.3) is 6.08 Å². The number of methoxy groups -OCH3 is 1. The van der Waals surface area contributed by atoms with Crippen molar-refractivity contribution in [1.82, 2.24) is 5.32 Å². The molecule has 186 valence electrons. The average molecular weight is 500 g/mol. The number of carbonyl (C=O) groups excluding carboxylic acids is 2. The molecule has 3 aromatic rings. The summed E-state index contributed by atoms with van der Waals surface area (Å²) in [4.78, 5) is 25.9. The zero-order valence-electron chi connectivity index (χ0n) is 18.7. The van der Waals surface area contributed by atoms with E-state index in [1.165, 1.54) is 25.3 Å². The van der Waals surface area contributed by atoms with Crippen molar-refractivity contribution in [3.63, 3.8) is 0 Å². The van der Waals surface area contributed by atoms with Crippen molar-refractivity contribution >= 4 is 23.6 Å². The molecule has 8 nitrogen and oxygen atoms in total. The number of hydrogen-bond donors (Lipinski definition) is 2. The van der Waals surface area contributed by atoms with Crippen LogP contribution in [0.4, 0.5) is 18.9 Å². The Kier molecular flexibility index (Phi) is 7.00. The maximum absolute atomic E-state index is 13.1. The van der Waals surface area contributed by atoms with E-state index in [4.69, 9.17) is 14.2 Å². The number of alkyl halides is 3. The van der Waals surface area contributed by atoms with Crippen LogP contribution in [-0.2, 0) is 4.79 Å². The lowest BCUT2D eigenvalue weighted by atomic mass is 10.1. The number of ether oxygens (including phenoxy) is 4. The lowest BCUT2D eigenvalue weighted by Gasteiger charge is -2.13. The third-order valence-electron chi connectivity index (χ3n) is 4.90. The minimum Gasteiger partial charge on any atom is -0.496 e. The first-order valence-electron chi connectivity index (χ1n) is 10.4. The van der Waals surface area contributed by atoms with Crippen molar-refractivity contribution in [1.29, 1.82) is 0 Å². The number of benzene rings is 3. The highest BCUT2D eigenvalue weighted by Crippen LogP contribution is 2.39. The predicted octanol–water partition coefficient (Wildman–Crippen LogP) is 4.73. The second kappa shape index (κ2) is 10.3. The largest absolute Gasteiger partial charge is 0.573 e. The van der Waals surface area contributed by atoms with E-state index in [1.54, 1.807) is 42.5 Å². The van der Waals surface area contributed by atoms with Crippen molar-refractivity contribution in [2.24, 2.45) is 0 Å². The Labute approximate surface area is 203 Å². The first-order chi connectivity index (χ1) is 17.2. The van der Waals surface area contributed by atoms with Gasteiger partial charge in [-0.05, 0) is 48.5 Å². The maximum atomic E-state index is 13.1. The number of nitrogens with one attached hydrogen (secondary N) is 2. The summed E-state index contributed by atoms with van der Waals surface area (Å²) in [6, 6.07) is 16.0. The zero-order chi connectivity index (χ0) is 25.7. The average Bonchev–Trinajstić information content (AvgIpc) is 3.31.